The summed E-state index contributed by atoms with van der Waals surface area (Å²) >= 11 is 0. The lowest BCUT2D eigenvalue weighted by Gasteiger charge is -2.35. The number of methoxy groups -OCH3 is 1. The fourth-order valence-electron chi connectivity index (χ4n) is 3.12. The fourth-order valence-corrected chi connectivity index (χ4v) is 3.12. The van der Waals surface area contributed by atoms with Gasteiger partial charge in [0, 0.05) is 31.6 Å². The number of rotatable bonds is 6. The van der Waals surface area contributed by atoms with Gasteiger partial charge in [-0.2, -0.15) is 0 Å². The molecule has 1 aliphatic heterocycles. The highest BCUT2D eigenvalue weighted by atomic mass is 16.5. The molecule has 1 aliphatic rings. The summed E-state index contributed by atoms with van der Waals surface area (Å²) in [4.78, 5) is 26.7. The first kappa shape index (κ1) is 19.2. The van der Waals surface area contributed by atoms with E-state index in [1.54, 1.807) is 0 Å². The molecule has 1 heterocycles. The molecule has 6 heteroatoms. The molecule has 2 rings (SSSR count). The molecule has 0 spiro atoms. The molecule has 0 aliphatic carbocycles. The van der Waals surface area contributed by atoms with Gasteiger partial charge in [0.25, 0.3) is 0 Å². The largest absolute Gasteiger partial charge is 0.453 e. The van der Waals surface area contributed by atoms with Crippen molar-refractivity contribution in [3.05, 3.63) is 35.9 Å². The van der Waals surface area contributed by atoms with Crippen molar-refractivity contribution < 1.29 is 14.3 Å². The van der Waals surface area contributed by atoms with E-state index in [0.29, 0.717) is 12.5 Å². The number of nitrogens with one attached hydrogen (secondary N) is 2. The molecule has 25 heavy (non-hydrogen) atoms. The van der Waals surface area contributed by atoms with Gasteiger partial charge >= 0.3 is 6.09 Å². The van der Waals surface area contributed by atoms with E-state index in [1.807, 2.05) is 30.3 Å². The summed E-state index contributed by atoms with van der Waals surface area (Å²) in [6, 6.07) is 9.70. The Morgan fingerprint density at radius 1 is 1.20 bits per heavy atom. The zero-order valence-corrected chi connectivity index (χ0v) is 15.3. The SMILES string of the molecule is COC(=O)N[C@@H](Cc1ccccc1)C(=O)NC1CCN(C(C)C)CC1. The fraction of sp³-hybridized carbons (Fsp3) is 0.579. The summed E-state index contributed by atoms with van der Waals surface area (Å²) in [5.74, 6) is -0.155. The summed E-state index contributed by atoms with van der Waals surface area (Å²) < 4.78 is 4.66. The Labute approximate surface area is 149 Å². The Kier molecular flexibility index (Phi) is 7.25. The quantitative estimate of drug-likeness (QED) is 0.825. The molecule has 0 unspecified atom stereocenters. The second-order valence-electron chi connectivity index (χ2n) is 6.79. The molecule has 1 atom stereocenters. The van der Waals surface area contributed by atoms with Crippen molar-refractivity contribution in [1.82, 2.24) is 15.5 Å². The van der Waals surface area contributed by atoms with Gasteiger partial charge in [-0.1, -0.05) is 30.3 Å². The van der Waals surface area contributed by atoms with Crippen molar-refractivity contribution >= 4 is 12.0 Å². The van der Waals surface area contributed by atoms with Crippen LogP contribution in [0.5, 0.6) is 0 Å². The number of carbonyl (C=O) groups excluding carboxylic acids is 2. The molecule has 1 aromatic carbocycles. The van der Waals surface area contributed by atoms with E-state index < -0.39 is 12.1 Å². The van der Waals surface area contributed by atoms with Crippen LogP contribution in [0.25, 0.3) is 0 Å². The third-order valence-corrected chi connectivity index (χ3v) is 4.68. The minimum Gasteiger partial charge on any atom is -0.453 e. The average molecular weight is 347 g/mol. The maximum absolute atomic E-state index is 12.7. The second kappa shape index (κ2) is 9.42. The second-order valence-corrected chi connectivity index (χ2v) is 6.79. The van der Waals surface area contributed by atoms with Crippen LogP contribution in [0.15, 0.2) is 30.3 Å². The highest BCUT2D eigenvalue weighted by Gasteiger charge is 2.26. The normalized spacial score (nSPS) is 17.1. The Bertz CT molecular complexity index is 554. The van der Waals surface area contributed by atoms with Crippen LogP contribution in [0.3, 0.4) is 0 Å². The zero-order chi connectivity index (χ0) is 18.2. The molecular formula is C19H29N3O3. The highest BCUT2D eigenvalue weighted by Crippen LogP contribution is 2.13. The number of piperidine rings is 1. The summed E-state index contributed by atoms with van der Waals surface area (Å²) in [6.45, 7) is 6.34. The van der Waals surface area contributed by atoms with E-state index in [9.17, 15) is 9.59 Å². The third-order valence-electron chi connectivity index (χ3n) is 4.68. The number of hydrogen-bond acceptors (Lipinski definition) is 4. The summed E-state index contributed by atoms with van der Waals surface area (Å²) in [6.07, 6.45) is 1.71. The zero-order valence-electron chi connectivity index (χ0n) is 15.3. The van der Waals surface area contributed by atoms with Crippen LogP contribution < -0.4 is 10.6 Å². The molecule has 6 nitrogen and oxygen atoms in total. The van der Waals surface area contributed by atoms with Gasteiger partial charge in [0.1, 0.15) is 6.04 Å². The van der Waals surface area contributed by atoms with Gasteiger partial charge in [0.15, 0.2) is 0 Å². The molecule has 1 aromatic rings. The number of amides is 2. The standard InChI is InChI=1S/C19H29N3O3/c1-14(2)22-11-9-16(10-12-22)20-18(23)17(21-19(24)25-3)13-15-7-5-4-6-8-15/h4-8,14,16-17H,9-13H2,1-3H3,(H,20,23)(H,21,24)/t17-/m0/s1. The van der Waals surface area contributed by atoms with E-state index in [1.165, 1.54) is 7.11 Å². The van der Waals surface area contributed by atoms with Gasteiger partial charge in [-0.3, -0.25) is 4.79 Å². The van der Waals surface area contributed by atoms with Crippen molar-refractivity contribution in [3.8, 4) is 0 Å². The maximum atomic E-state index is 12.7. The van der Waals surface area contributed by atoms with E-state index in [-0.39, 0.29) is 11.9 Å². The molecule has 2 amide bonds. The monoisotopic (exact) mass is 347 g/mol. The first-order chi connectivity index (χ1) is 12.0. The van der Waals surface area contributed by atoms with Crippen LogP contribution in [-0.4, -0.2) is 55.2 Å². The van der Waals surface area contributed by atoms with Crippen molar-refractivity contribution in [2.75, 3.05) is 20.2 Å². The number of likely N-dealkylation sites (tertiary alicyclic amines) is 1. The van der Waals surface area contributed by atoms with Gasteiger partial charge in [0.2, 0.25) is 5.91 Å². The van der Waals surface area contributed by atoms with Crippen LogP contribution in [0.2, 0.25) is 0 Å². The molecule has 0 bridgehead atoms. The van der Waals surface area contributed by atoms with E-state index >= 15 is 0 Å². The van der Waals surface area contributed by atoms with Crippen LogP contribution >= 0.6 is 0 Å². The smallest absolute Gasteiger partial charge is 0.407 e. The van der Waals surface area contributed by atoms with E-state index in [2.05, 4.69) is 34.1 Å². The first-order valence-electron chi connectivity index (χ1n) is 8.92. The Morgan fingerprint density at radius 3 is 2.40 bits per heavy atom. The molecule has 1 fully saturated rings. The predicted molar refractivity (Wildman–Crippen MR) is 97.3 cm³/mol. The number of nitrogens with zero attached hydrogens (tertiary/aromatic N) is 1. The summed E-state index contributed by atoms with van der Waals surface area (Å²) in [7, 11) is 1.30. The van der Waals surface area contributed by atoms with E-state index in [0.717, 1.165) is 31.5 Å². The Hall–Kier alpha value is -2.08. The topological polar surface area (TPSA) is 70.7 Å². The molecule has 2 N–H and O–H groups in total. The number of carbonyl (C=O) groups is 2. The van der Waals surface area contributed by atoms with Crippen LogP contribution in [-0.2, 0) is 16.0 Å². The predicted octanol–water partition coefficient (Wildman–Crippen LogP) is 1.94. The van der Waals surface area contributed by atoms with Gasteiger partial charge in [-0.05, 0) is 32.3 Å². The lowest BCUT2D eigenvalue weighted by atomic mass is 10.0. The minimum absolute atomic E-state index is 0.153. The molecule has 0 radical (unpaired) electrons. The van der Waals surface area contributed by atoms with E-state index in [4.69, 9.17) is 0 Å². The van der Waals surface area contributed by atoms with Crippen LogP contribution in [0.4, 0.5) is 4.79 Å². The Balaban J connectivity index is 1.94. The van der Waals surface area contributed by atoms with Gasteiger partial charge in [-0.15, -0.1) is 0 Å². The van der Waals surface area contributed by atoms with Crippen LogP contribution in [0.1, 0.15) is 32.3 Å². The lowest BCUT2D eigenvalue weighted by Crippen LogP contribution is -2.53. The molecule has 0 saturated carbocycles. The maximum Gasteiger partial charge on any atom is 0.407 e. The van der Waals surface area contributed by atoms with Gasteiger partial charge in [0.05, 0.1) is 7.11 Å². The summed E-state index contributed by atoms with van der Waals surface area (Å²) in [5, 5.41) is 5.74. The first-order valence-corrected chi connectivity index (χ1v) is 8.92. The van der Waals surface area contributed by atoms with Crippen molar-refractivity contribution in [1.29, 1.82) is 0 Å². The van der Waals surface area contributed by atoms with Gasteiger partial charge < -0.3 is 20.3 Å². The number of ether oxygens (including phenoxy) is 1. The third kappa shape index (κ3) is 6.05. The lowest BCUT2D eigenvalue weighted by molar-refractivity contribution is -0.124. The van der Waals surface area contributed by atoms with Crippen LogP contribution in [0, 0.1) is 0 Å². The Morgan fingerprint density at radius 2 is 1.84 bits per heavy atom. The number of benzene rings is 1. The molecule has 1 saturated heterocycles. The minimum atomic E-state index is -0.641. The van der Waals surface area contributed by atoms with Gasteiger partial charge in [-0.25, -0.2) is 4.79 Å². The average Bonchev–Trinajstić information content (AvgIpc) is 2.62. The number of hydrogen-bond donors (Lipinski definition) is 2. The molecular weight excluding hydrogens is 318 g/mol. The molecule has 138 valence electrons. The highest BCUT2D eigenvalue weighted by molar-refractivity contribution is 5.86. The molecule has 0 aromatic heterocycles. The summed E-state index contributed by atoms with van der Waals surface area (Å²) in [5.41, 5.74) is 0.994. The van der Waals surface area contributed by atoms with Crippen molar-refractivity contribution in [2.45, 2.75) is 51.2 Å². The van der Waals surface area contributed by atoms with Crippen molar-refractivity contribution in [3.63, 3.8) is 0 Å². The number of alkyl carbamates (subject to hydrolysis) is 1. The van der Waals surface area contributed by atoms with Crippen molar-refractivity contribution in [2.24, 2.45) is 0 Å².